The molecule has 0 aliphatic carbocycles. The number of aliphatic hydroxyl groups excluding tert-OH is 1. The molecule has 0 bridgehead atoms. The highest BCUT2D eigenvalue weighted by molar-refractivity contribution is 5.79. The minimum atomic E-state index is -0.218. The first-order valence-corrected chi connectivity index (χ1v) is 6.39. The fourth-order valence-electron chi connectivity index (χ4n) is 2.12. The maximum atomic E-state index is 9.96. The third-order valence-corrected chi connectivity index (χ3v) is 3.17. The number of benzene rings is 1. The zero-order valence-electron chi connectivity index (χ0n) is 10.6. The first kappa shape index (κ1) is 12.2. The van der Waals surface area contributed by atoms with Crippen molar-refractivity contribution in [2.24, 2.45) is 5.92 Å². The van der Waals surface area contributed by atoms with Crippen LogP contribution < -0.4 is 0 Å². The Morgan fingerprint density at radius 3 is 2.76 bits per heavy atom. The normalized spacial score (nSPS) is 13.4. The summed E-state index contributed by atoms with van der Waals surface area (Å²) in [6.07, 6.45) is 4.46. The van der Waals surface area contributed by atoms with Crippen molar-refractivity contribution < 1.29 is 5.11 Å². The maximum absolute atomic E-state index is 9.96. The lowest BCUT2D eigenvalue weighted by atomic mass is 9.99. The largest absolute Gasteiger partial charge is 0.393 e. The van der Waals surface area contributed by atoms with E-state index < -0.39 is 0 Å². The van der Waals surface area contributed by atoms with Crippen molar-refractivity contribution >= 4 is 10.9 Å². The van der Waals surface area contributed by atoms with E-state index in [1.807, 2.05) is 6.20 Å². The third-order valence-electron chi connectivity index (χ3n) is 3.17. The van der Waals surface area contributed by atoms with Crippen molar-refractivity contribution in [2.45, 2.75) is 39.2 Å². The number of H-pyrrole nitrogens is 1. The molecule has 1 aromatic carbocycles. The SMILES string of the molecule is CC(C)CCC(O)Cc1ccc2cc[nH]c2c1. The van der Waals surface area contributed by atoms with E-state index in [4.69, 9.17) is 0 Å². The Morgan fingerprint density at radius 2 is 2.00 bits per heavy atom. The summed E-state index contributed by atoms with van der Waals surface area (Å²) in [4.78, 5) is 3.20. The Balaban J connectivity index is 1.97. The van der Waals surface area contributed by atoms with Crippen LogP contribution in [0.1, 0.15) is 32.3 Å². The van der Waals surface area contributed by atoms with E-state index in [2.05, 4.69) is 43.1 Å². The quantitative estimate of drug-likeness (QED) is 0.811. The van der Waals surface area contributed by atoms with Crippen LogP contribution in [0.5, 0.6) is 0 Å². The van der Waals surface area contributed by atoms with Gasteiger partial charge < -0.3 is 10.1 Å². The van der Waals surface area contributed by atoms with Gasteiger partial charge in [-0.15, -0.1) is 0 Å². The molecule has 1 heterocycles. The molecule has 2 aromatic rings. The number of hydrogen-bond donors (Lipinski definition) is 2. The Hall–Kier alpha value is -1.28. The lowest BCUT2D eigenvalue weighted by Gasteiger charge is -2.12. The number of aliphatic hydroxyl groups is 1. The molecule has 0 aliphatic heterocycles. The molecule has 1 unspecified atom stereocenters. The second-order valence-electron chi connectivity index (χ2n) is 5.23. The molecule has 0 radical (unpaired) electrons. The molecule has 2 N–H and O–H groups in total. The summed E-state index contributed by atoms with van der Waals surface area (Å²) >= 11 is 0. The summed E-state index contributed by atoms with van der Waals surface area (Å²) < 4.78 is 0. The first-order valence-electron chi connectivity index (χ1n) is 6.39. The van der Waals surface area contributed by atoms with Crippen LogP contribution in [0.2, 0.25) is 0 Å². The highest BCUT2D eigenvalue weighted by atomic mass is 16.3. The van der Waals surface area contributed by atoms with Crippen molar-refractivity contribution in [1.29, 1.82) is 0 Å². The van der Waals surface area contributed by atoms with E-state index in [-0.39, 0.29) is 6.10 Å². The summed E-state index contributed by atoms with van der Waals surface area (Å²) in [6, 6.07) is 8.41. The van der Waals surface area contributed by atoms with Crippen molar-refractivity contribution in [2.75, 3.05) is 0 Å². The minimum absolute atomic E-state index is 0.218. The standard InChI is InChI=1S/C15H21NO/c1-11(2)3-6-14(17)9-12-4-5-13-7-8-16-15(13)10-12/h4-5,7-8,10-11,14,16-17H,3,6,9H2,1-2H3. The van der Waals surface area contributed by atoms with Crippen molar-refractivity contribution in [1.82, 2.24) is 4.98 Å². The van der Waals surface area contributed by atoms with Crippen LogP contribution in [0.4, 0.5) is 0 Å². The molecule has 2 heteroatoms. The van der Waals surface area contributed by atoms with Gasteiger partial charge in [-0.25, -0.2) is 0 Å². The van der Waals surface area contributed by atoms with Crippen LogP contribution in [-0.2, 0) is 6.42 Å². The number of fused-ring (bicyclic) bond motifs is 1. The highest BCUT2D eigenvalue weighted by Crippen LogP contribution is 2.17. The molecule has 0 saturated heterocycles. The first-order chi connectivity index (χ1) is 8.15. The van der Waals surface area contributed by atoms with Gasteiger partial charge in [0.25, 0.3) is 0 Å². The van der Waals surface area contributed by atoms with Gasteiger partial charge in [0.05, 0.1) is 6.10 Å². The lowest BCUT2D eigenvalue weighted by Crippen LogP contribution is -2.11. The smallest absolute Gasteiger partial charge is 0.0580 e. The molecule has 0 spiro atoms. The Morgan fingerprint density at radius 1 is 1.18 bits per heavy atom. The number of hydrogen-bond acceptors (Lipinski definition) is 1. The van der Waals surface area contributed by atoms with Gasteiger partial charge in [0, 0.05) is 11.7 Å². The molecule has 0 saturated carbocycles. The molecule has 2 nitrogen and oxygen atoms in total. The van der Waals surface area contributed by atoms with Crippen LogP contribution in [0, 0.1) is 5.92 Å². The number of nitrogens with one attached hydrogen (secondary N) is 1. The average molecular weight is 231 g/mol. The van der Waals surface area contributed by atoms with E-state index in [1.165, 1.54) is 10.9 Å². The summed E-state index contributed by atoms with van der Waals surface area (Å²) in [7, 11) is 0. The number of aromatic amines is 1. The van der Waals surface area contributed by atoms with Gasteiger partial charge in [-0.3, -0.25) is 0 Å². The molecular weight excluding hydrogens is 210 g/mol. The molecule has 2 rings (SSSR count). The maximum Gasteiger partial charge on any atom is 0.0580 e. The Kier molecular flexibility index (Phi) is 3.85. The molecule has 17 heavy (non-hydrogen) atoms. The van der Waals surface area contributed by atoms with Crippen LogP contribution in [0.15, 0.2) is 30.5 Å². The van der Waals surface area contributed by atoms with Crippen molar-refractivity contribution in [3.63, 3.8) is 0 Å². The lowest BCUT2D eigenvalue weighted by molar-refractivity contribution is 0.157. The molecule has 0 fully saturated rings. The van der Waals surface area contributed by atoms with E-state index in [9.17, 15) is 5.11 Å². The minimum Gasteiger partial charge on any atom is -0.393 e. The van der Waals surface area contributed by atoms with E-state index >= 15 is 0 Å². The zero-order valence-corrected chi connectivity index (χ0v) is 10.6. The second kappa shape index (κ2) is 5.37. The number of aromatic nitrogens is 1. The molecule has 0 amide bonds. The average Bonchev–Trinajstić information content (AvgIpc) is 2.73. The van der Waals surface area contributed by atoms with Gasteiger partial charge in [0.1, 0.15) is 0 Å². The second-order valence-corrected chi connectivity index (χ2v) is 5.23. The highest BCUT2D eigenvalue weighted by Gasteiger charge is 2.07. The fraction of sp³-hybridized carbons (Fsp3) is 0.467. The summed E-state index contributed by atoms with van der Waals surface area (Å²) in [5.74, 6) is 0.663. The van der Waals surface area contributed by atoms with E-state index in [0.29, 0.717) is 5.92 Å². The molecule has 1 aromatic heterocycles. The fourth-order valence-corrected chi connectivity index (χ4v) is 2.12. The third kappa shape index (κ3) is 3.34. The monoisotopic (exact) mass is 231 g/mol. The summed E-state index contributed by atoms with van der Waals surface area (Å²) in [6.45, 7) is 4.38. The Labute approximate surface area is 103 Å². The molecule has 1 atom stereocenters. The van der Waals surface area contributed by atoms with Crippen LogP contribution in [0.25, 0.3) is 10.9 Å². The van der Waals surface area contributed by atoms with Crippen molar-refractivity contribution in [3.8, 4) is 0 Å². The Bertz CT molecular complexity index is 472. The van der Waals surface area contributed by atoms with Gasteiger partial charge >= 0.3 is 0 Å². The summed E-state index contributed by atoms with van der Waals surface area (Å²) in [5, 5.41) is 11.2. The number of rotatable bonds is 5. The molecule has 92 valence electrons. The van der Waals surface area contributed by atoms with Crippen LogP contribution in [-0.4, -0.2) is 16.2 Å². The topological polar surface area (TPSA) is 36.0 Å². The predicted octanol–water partition coefficient (Wildman–Crippen LogP) is 3.51. The van der Waals surface area contributed by atoms with Crippen LogP contribution >= 0.6 is 0 Å². The van der Waals surface area contributed by atoms with Crippen molar-refractivity contribution in [3.05, 3.63) is 36.0 Å². The zero-order chi connectivity index (χ0) is 12.3. The predicted molar refractivity (Wildman–Crippen MR) is 72.1 cm³/mol. The van der Waals surface area contributed by atoms with E-state index in [0.717, 1.165) is 24.8 Å². The van der Waals surface area contributed by atoms with Gasteiger partial charge in [-0.1, -0.05) is 26.0 Å². The molecule has 0 aliphatic rings. The van der Waals surface area contributed by atoms with Crippen LogP contribution in [0.3, 0.4) is 0 Å². The van der Waals surface area contributed by atoms with Gasteiger partial charge in [0.2, 0.25) is 0 Å². The van der Waals surface area contributed by atoms with Gasteiger partial charge in [-0.2, -0.15) is 0 Å². The van der Waals surface area contributed by atoms with Gasteiger partial charge in [0.15, 0.2) is 0 Å². The van der Waals surface area contributed by atoms with Gasteiger partial charge in [-0.05, 0) is 48.3 Å². The van der Waals surface area contributed by atoms with E-state index in [1.54, 1.807) is 0 Å². The molecular formula is C15H21NO. The summed E-state index contributed by atoms with van der Waals surface area (Å²) in [5.41, 5.74) is 2.36.